The van der Waals surface area contributed by atoms with Crippen LogP contribution < -0.4 is 22.5 Å². The molecule has 0 spiro atoms. The fourth-order valence-electron chi connectivity index (χ4n) is 2.11. The highest BCUT2D eigenvalue weighted by atomic mass is 15.0. The lowest BCUT2D eigenvalue weighted by Crippen LogP contribution is -2.27. The number of hydrogen-bond donors (Lipinski definition) is 4. The summed E-state index contributed by atoms with van der Waals surface area (Å²) < 4.78 is 0. The van der Waals surface area contributed by atoms with Gasteiger partial charge >= 0.3 is 0 Å². The fourth-order valence-corrected chi connectivity index (χ4v) is 2.11. The first-order valence-corrected chi connectivity index (χ1v) is 7.24. The first kappa shape index (κ1) is 15.7. The lowest BCUT2D eigenvalue weighted by molar-refractivity contribution is 0.791. The van der Waals surface area contributed by atoms with Crippen LogP contribution >= 0.6 is 0 Å². The van der Waals surface area contributed by atoms with Crippen LogP contribution in [-0.4, -0.2) is 13.1 Å². The topological polar surface area (TPSA) is 90.1 Å². The zero-order chi connectivity index (χ0) is 15.8. The van der Waals surface area contributed by atoms with Gasteiger partial charge in [0.15, 0.2) is 0 Å². The molecule has 0 fully saturated rings. The van der Waals surface area contributed by atoms with E-state index in [0.29, 0.717) is 24.6 Å². The predicted molar refractivity (Wildman–Crippen MR) is 93.2 cm³/mol. The number of benzene rings is 2. The second-order valence-corrected chi connectivity index (χ2v) is 4.87. The van der Waals surface area contributed by atoms with Crippen molar-refractivity contribution in [2.75, 3.05) is 13.1 Å². The SMILES string of the molecule is NCCN/C(N)=C(/C=C(\N)c1ccccc1)c1ccccc1. The average Bonchev–Trinajstić information content (AvgIpc) is 2.59. The average molecular weight is 294 g/mol. The molecular formula is C18H22N4. The number of allylic oxidation sites excluding steroid dienone is 2. The van der Waals surface area contributed by atoms with Crippen molar-refractivity contribution in [1.82, 2.24) is 5.32 Å². The molecular weight excluding hydrogens is 272 g/mol. The van der Waals surface area contributed by atoms with Crippen molar-refractivity contribution in [2.24, 2.45) is 17.2 Å². The Morgan fingerprint density at radius 1 is 0.864 bits per heavy atom. The van der Waals surface area contributed by atoms with E-state index in [1.165, 1.54) is 0 Å². The molecule has 22 heavy (non-hydrogen) atoms. The summed E-state index contributed by atoms with van der Waals surface area (Å²) in [5.41, 5.74) is 21.4. The lowest BCUT2D eigenvalue weighted by Gasteiger charge is -2.12. The molecule has 0 aliphatic rings. The first-order valence-electron chi connectivity index (χ1n) is 7.24. The van der Waals surface area contributed by atoms with Crippen LogP contribution in [0.4, 0.5) is 0 Å². The minimum atomic E-state index is 0.515. The largest absolute Gasteiger partial charge is 0.398 e. The van der Waals surface area contributed by atoms with Gasteiger partial charge in [0.05, 0.1) is 0 Å². The van der Waals surface area contributed by atoms with Gasteiger partial charge < -0.3 is 22.5 Å². The molecule has 0 saturated heterocycles. The summed E-state index contributed by atoms with van der Waals surface area (Å²) in [5.74, 6) is 0.565. The zero-order valence-corrected chi connectivity index (χ0v) is 12.5. The van der Waals surface area contributed by atoms with Crippen LogP contribution in [-0.2, 0) is 0 Å². The molecule has 7 N–H and O–H groups in total. The summed E-state index contributed by atoms with van der Waals surface area (Å²) in [5, 5.41) is 3.12. The number of nitrogens with one attached hydrogen (secondary N) is 1. The van der Waals surface area contributed by atoms with Gasteiger partial charge in [0.2, 0.25) is 0 Å². The van der Waals surface area contributed by atoms with Crippen molar-refractivity contribution in [2.45, 2.75) is 0 Å². The molecule has 4 nitrogen and oxygen atoms in total. The van der Waals surface area contributed by atoms with Crippen LogP contribution in [0.5, 0.6) is 0 Å². The highest BCUT2D eigenvalue weighted by Gasteiger charge is 2.06. The van der Waals surface area contributed by atoms with Crippen molar-refractivity contribution in [1.29, 1.82) is 0 Å². The smallest absolute Gasteiger partial charge is 0.104 e. The molecule has 4 heteroatoms. The summed E-state index contributed by atoms with van der Waals surface area (Å²) in [7, 11) is 0. The molecule has 0 amide bonds. The van der Waals surface area contributed by atoms with Crippen molar-refractivity contribution < 1.29 is 0 Å². The second-order valence-electron chi connectivity index (χ2n) is 4.87. The lowest BCUT2D eigenvalue weighted by atomic mass is 10.0. The summed E-state index contributed by atoms with van der Waals surface area (Å²) in [4.78, 5) is 0. The van der Waals surface area contributed by atoms with E-state index >= 15 is 0 Å². The molecule has 0 bridgehead atoms. The van der Waals surface area contributed by atoms with E-state index in [4.69, 9.17) is 17.2 Å². The molecule has 0 aliphatic heterocycles. The Bertz CT molecular complexity index is 645. The molecule has 2 aromatic carbocycles. The van der Waals surface area contributed by atoms with E-state index in [1.54, 1.807) is 0 Å². The molecule has 0 aromatic heterocycles. The monoisotopic (exact) mass is 294 g/mol. The van der Waals surface area contributed by atoms with Crippen LogP contribution in [0.25, 0.3) is 11.3 Å². The van der Waals surface area contributed by atoms with Crippen molar-refractivity contribution >= 4 is 11.3 Å². The Morgan fingerprint density at radius 2 is 1.41 bits per heavy atom. The summed E-state index contributed by atoms with van der Waals surface area (Å²) in [6, 6.07) is 19.7. The maximum Gasteiger partial charge on any atom is 0.104 e. The minimum Gasteiger partial charge on any atom is -0.398 e. The molecule has 0 atom stereocenters. The standard InChI is InChI=1S/C18H22N4/c19-11-12-22-18(21)16(14-7-3-1-4-8-14)13-17(20)15-9-5-2-6-10-15/h1-10,13,22H,11-12,19-21H2/b17-13-,18-16-. The van der Waals surface area contributed by atoms with Crippen molar-refractivity contribution in [3.63, 3.8) is 0 Å². The van der Waals surface area contributed by atoms with Gasteiger partial charge in [-0.1, -0.05) is 60.7 Å². The van der Waals surface area contributed by atoms with Gasteiger partial charge in [-0.25, -0.2) is 0 Å². The molecule has 2 aromatic rings. The predicted octanol–water partition coefficient (Wildman–Crippen LogP) is 1.86. The van der Waals surface area contributed by atoms with E-state index in [0.717, 1.165) is 16.7 Å². The van der Waals surface area contributed by atoms with Crippen LogP contribution in [0.15, 0.2) is 72.6 Å². The quantitative estimate of drug-likeness (QED) is 0.612. The molecule has 114 valence electrons. The second kappa shape index (κ2) is 7.90. The molecule has 0 aliphatic carbocycles. The van der Waals surface area contributed by atoms with Gasteiger partial charge in [0, 0.05) is 24.4 Å². The third kappa shape index (κ3) is 4.14. The maximum atomic E-state index is 6.22. The van der Waals surface area contributed by atoms with E-state index in [9.17, 15) is 0 Å². The maximum absolute atomic E-state index is 6.22. The van der Waals surface area contributed by atoms with Gasteiger partial charge in [0.25, 0.3) is 0 Å². The molecule has 2 rings (SSSR count). The van der Waals surface area contributed by atoms with Crippen molar-refractivity contribution in [3.05, 3.63) is 83.7 Å². The fraction of sp³-hybridized carbons (Fsp3) is 0.111. The van der Waals surface area contributed by atoms with E-state index in [2.05, 4.69) is 5.32 Å². The normalized spacial score (nSPS) is 12.7. The van der Waals surface area contributed by atoms with E-state index in [1.807, 2.05) is 66.7 Å². The number of nitrogens with two attached hydrogens (primary N) is 3. The van der Waals surface area contributed by atoms with Crippen LogP contribution in [0.1, 0.15) is 11.1 Å². The third-order valence-corrected chi connectivity index (χ3v) is 3.24. The van der Waals surface area contributed by atoms with Gasteiger partial charge in [0.1, 0.15) is 5.82 Å². The third-order valence-electron chi connectivity index (χ3n) is 3.24. The van der Waals surface area contributed by atoms with Crippen molar-refractivity contribution in [3.8, 4) is 0 Å². The van der Waals surface area contributed by atoms with E-state index in [-0.39, 0.29) is 0 Å². The van der Waals surface area contributed by atoms with Gasteiger partial charge in [-0.15, -0.1) is 0 Å². The highest BCUT2D eigenvalue weighted by molar-refractivity contribution is 5.84. The van der Waals surface area contributed by atoms with Gasteiger partial charge in [-0.3, -0.25) is 0 Å². The Balaban J connectivity index is 2.41. The van der Waals surface area contributed by atoms with Gasteiger partial charge in [-0.2, -0.15) is 0 Å². The molecule has 0 unspecified atom stereocenters. The highest BCUT2D eigenvalue weighted by Crippen LogP contribution is 2.20. The summed E-state index contributed by atoms with van der Waals surface area (Å²) in [6.07, 6.45) is 1.89. The summed E-state index contributed by atoms with van der Waals surface area (Å²) >= 11 is 0. The Morgan fingerprint density at radius 3 is 1.95 bits per heavy atom. The minimum absolute atomic E-state index is 0.515. The van der Waals surface area contributed by atoms with Crippen LogP contribution in [0, 0.1) is 0 Å². The summed E-state index contributed by atoms with van der Waals surface area (Å²) in [6.45, 7) is 1.13. The zero-order valence-electron chi connectivity index (χ0n) is 12.5. The molecule has 0 heterocycles. The number of hydrogen-bond acceptors (Lipinski definition) is 4. The van der Waals surface area contributed by atoms with E-state index < -0.39 is 0 Å². The molecule has 0 radical (unpaired) electrons. The van der Waals surface area contributed by atoms with Gasteiger partial charge in [-0.05, 0) is 17.2 Å². The first-order chi connectivity index (χ1) is 10.7. The Kier molecular flexibility index (Phi) is 5.63. The van der Waals surface area contributed by atoms with Crippen LogP contribution in [0.2, 0.25) is 0 Å². The Labute approximate surface area is 131 Å². The van der Waals surface area contributed by atoms with Crippen LogP contribution in [0.3, 0.4) is 0 Å². The molecule has 0 saturated carbocycles. The number of rotatable bonds is 6. The Hall–Kier alpha value is -2.72.